The fraction of sp³-hybridized carbons (Fsp3) is 0.467. The van der Waals surface area contributed by atoms with E-state index in [1.165, 1.54) is 4.90 Å². The topological polar surface area (TPSA) is 66.8 Å². The summed E-state index contributed by atoms with van der Waals surface area (Å²) < 4.78 is 6.11. The maximum Gasteiger partial charge on any atom is 0.326 e. The van der Waals surface area contributed by atoms with Crippen LogP contribution in [0, 0.1) is 0 Å². The maximum absolute atomic E-state index is 12.5. The van der Waals surface area contributed by atoms with Gasteiger partial charge in [0.1, 0.15) is 11.8 Å². The van der Waals surface area contributed by atoms with Gasteiger partial charge in [-0.05, 0) is 38.0 Å². The molecule has 1 amide bonds. The van der Waals surface area contributed by atoms with Crippen LogP contribution in [0.1, 0.15) is 25.3 Å². The van der Waals surface area contributed by atoms with Gasteiger partial charge in [0.25, 0.3) is 0 Å². The van der Waals surface area contributed by atoms with Gasteiger partial charge in [0.15, 0.2) is 0 Å². The van der Waals surface area contributed by atoms with Gasteiger partial charge in [0, 0.05) is 16.1 Å². The fourth-order valence-corrected chi connectivity index (χ4v) is 2.76. The molecule has 0 aromatic heterocycles. The van der Waals surface area contributed by atoms with Crippen LogP contribution in [0.3, 0.4) is 0 Å². The average molecular weight is 356 g/mol. The smallest absolute Gasteiger partial charge is 0.326 e. The summed E-state index contributed by atoms with van der Waals surface area (Å²) in [4.78, 5) is 25.2. The zero-order valence-electron chi connectivity index (χ0n) is 12.0. The van der Waals surface area contributed by atoms with Crippen molar-refractivity contribution in [2.45, 2.75) is 38.3 Å². The first-order chi connectivity index (χ1) is 9.93. The standard InChI is InChI=1S/C15H18BrNO4/c1-9(15(19)20)17(12-4-5-12)14(18)8-10-7-11(16)3-6-13(10)21-2/h3,6-7,9,12H,4-5,8H2,1-2H3,(H,19,20). The molecule has 1 aromatic carbocycles. The Bertz CT molecular complexity index is 557. The van der Waals surface area contributed by atoms with Gasteiger partial charge in [-0.25, -0.2) is 4.79 Å². The minimum absolute atomic E-state index is 0.0572. The van der Waals surface area contributed by atoms with Gasteiger partial charge in [-0.3, -0.25) is 4.79 Å². The molecular formula is C15H18BrNO4. The third kappa shape index (κ3) is 3.75. The minimum Gasteiger partial charge on any atom is -0.496 e. The number of aliphatic carboxylic acids is 1. The van der Waals surface area contributed by atoms with Crippen LogP contribution in [0.5, 0.6) is 5.75 Å². The van der Waals surface area contributed by atoms with Crippen molar-refractivity contribution in [3.8, 4) is 5.75 Å². The van der Waals surface area contributed by atoms with Crippen LogP contribution in [-0.4, -0.2) is 41.1 Å². The molecule has 2 rings (SSSR count). The monoisotopic (exact) mass is 355 g/mol. The number of rotatable bonds is 6. The lowest BCUT2D eigenvalue weighted by Gasteiger charge is -2.26. The summed E-state index contributed by atoms with van der Waals surface area (Å²) in [6, 6.07) is 4.71. The molecule has 0 radical (unpaired) electrons. The molecule has 0 spiro atoms. The number of amides is 1. The van der Waals surface area contributed by atoms with Crippen LogP contribution in [0.2, 0.25) is 0 Å². The largest absolute Gasteiger partial charge is 0.496 e. The number of carboxylic acids is 1. The van der Waals surface area contributed by atoms with E-state index < -0.39 is 12.0 Å². The summed E-state index contributed by atoms with van der Waals surface area (Å²) in [6.45, 7) is 1.55. The summed E-state index contributed by atoms with van der Waals surface area (Å²) >= 11 is 3.37. The Morgan fingerprint density at radius 1 is 1.48 bits per heavy atom. The van der Waals surface area contributed by atoms with E-state index in [9.17, 15) is 9.59 Å². The summed E-state index contributed by atoms with van der Waals surface area (Å²) in [5.74, 6) is -0.523. The Hall–Kier alpha value is -1.56. The lowest BCUT2D eigenvalue weighted by atomic mass is 10.1. The summed E-state index contributed by atoms with van der Waals surface area (Å²) in [6.07, 6.45) is 1.88. The highest BCUT2D eigenvalue weighted by Crippen LogP contribution is 2.31. The molecule has 0 heterocycles. The molecule has 1 saturated carbocycles. The SMILES string of the molecule is COc1ccc(Br)cc1CC(=O)N(C1CC1)C(C)C(=O)O. The second-order valence-corrected chi connectivity index (χ2v) is 6.10. The third-order valence-corrected chi connectivity index (χ3v) is 4.08. The van der Waals surface area contributed by atoms with Crippen molar-refractivity contribution >= 4 is 27.8 Å². The van der Waals surface area contributed by atoms with Crippen molar-refractivity contribution < 1.29 is 19.4 Å². The molecule has 114 valence electrons. The van der Waals surface area contributed by atoms with Crippen LogP contribution in [0.4, 0.5) is 0 Å². The molecule has 1 aliphatic carbocycles. The number of halogens is 1. The molecule has 21 heavy (non-hydrogen) atoms. The molecule has 1 unspecified atom stereocenters. The van der Waals surface area contributed by atoms with E-state index in [2.05, 4.69) is 15.9 Å². The summed E-state index contributed by atoms with van der Waals surface area (Å²) in [5, 5.41) is 9.16. The van der Waals surface area contributed by atoms with Crippen LogP contribution in [0.25, 0.3) is 0 Å². The van der Waals surface area contributed by atoms with Crippen LogP contribution >= 0.6 is 15.9 Å². The molecule has 1 atom stereocenters. The van der Waals surface area contributed by atoms with Crippen LogP contribution in [0.15, 0.2) is 22.7 Å². The average Bonchev–Trinajstić information content (AvgIpc) is 3.23. The predicted molar refractivity (Wildman–Crippen MR) is 81.4 cm³/mol. The number of hydrogen-bond donors (Lipinski definition) is 1. The minimum atomic E-state index is -0.976. The highest BCUT2D eigenvalue weighted by Gasteiger charge is 2.38. The van der Waals surface area contributed by atoms with Gasteiger partial charge in [0.2, 0.25) is 5.91 Å². The van der Waals surface area contributed by atoms with Gasteiger partial charge in [-0.1, -0.05) is 15.9 Å². The van der Waals surface area contributed by atoms with Crippen molar-refractivity contribution in [1.82, 2.24) is 4.90 Å². The number of benzene rings is 1. The Kier molecular flexibility index (Phi) is 4.88. The maximum atomic E-state index is 12.5. The van der Waals surface area contributed by atoms with Crippen molar-refractivity contribution in [1.29, 1.82) is 0 Å². The molecule has 0 bridgehead atoms. The molecule has 6 heteroatoms. The van der Waals surface area contributed by atoms with Gasteiger partial charge >= 0.3 is 5.97 Å². The van der Waals surface area contributed by atoms with Gasteiger partial charge < -0.3 is 14.7 Å². The highest BCUT2D eigenvalue weighted by atomic mass is 79.9. The van der Waals surface area contributed by atoms with Crippen molar-refractivity contribution in [2.24, 2.45) is 0 Å². The summed E-state index contributed by atoms with van der Waals surface area (Å²) in [5.41, 5.74) is 0.750. The van der Waals surface area contributed by atoms with E-state index in [0.29, 0.717) is 5.75 Å². The molecule has 1 N–H and O–H groups in total. The predicted octanol–water partition coefficient (Wildman–Crippen LogP) is 2.46. The Balaban J connectivity index is 2.19. The second kappa shape index (κ2) is 6.47. The normalized spacial score (nSPS) is 15.4. The van der Waals surface area contributed by atoms with Gasteiger partial charge in [0.05, 0.1) is 13.5 Å². The molecule has 1 aromatic rings. The number of carbonyl (C=O) groups is 2. The van der Waals surface area contributed by atoms with Crippen molar-refractivity contribution in [3.63, 3.8) is 0 Å². The van der Waals surface area contributed by atoms with E-state index in [-0.39, 0.29) is 18.4 Å². The third-order valence-electron chi connectivity index (χ3n) is 3.59. The van der Waals surface area contributed by atoms with Gasteiger partial charge in [-0.15, -0.1) is 0 Å². The first-order valence-electron chi connectivity index (χ1n) is 6.80. The first-order valence-corrected chi connectivity index (χ1v) is 7.59. The number of carboxylic acid groups (broad SMARTS) is 1. The summed E-state index contributed by atoms with van der Waals surface area (Å²) in [7, 11) is 1.55. The molecule has 5 nitrogen and oxygen atoms in total. The zero-order chi connectivity index (χ0) is 15.6. The lowest BCUT2D eigenvalue weighted by molar-refractivity contribution is -0.149. The zero-order valence-corrected chi connectivity index (χ0v) is 13.6. The lowest BCUT2D eigenvalue weighted by Crippen LogP contribution is -2.45. The number of hydrogen-bond acceptors (Lipinski definition) is 3. The first kappa shape index (κ1) is 15.8. The number of carbonyl (C=O) groups excluding carboxylic acids is 1. The van der Waals surface area contributed by atoms with E-state index in [1.807, 2.05) is 12.1 Å². The van der Waals surface area contributed by atoms with E-state index in [4.69, 9.17) is 9.84 Å². The van der Waals surface area contributed by atoms with E-state index >= 15 is 0 Å². The molecule has 0 saturated heterocycles. The Morgan fingerprint density at radius 2 is 2.14 bits per heavy atom. The molecular weight excluding hydrogens is 338 g/mol. The molecule has 1 aliphatic rings. The highest BCUT2D eigenvalue weighted by molar-refractivity contribution is 9.10. The number of ether oxygens (including phenoxy) is 1. The van der Waals surface area contributed by atoms with Crippen LogP contribution < -0.4 is 4.74 Å². The van der Waals surface area contributed by atoms with Crippen LogP contribution in [-0.2, 0) is 16.0 Å². The fourth-order valence-electron chi connectivity index (χ4n) is 2.35. The number of nitrogens with zero attached hydrogens (tertiary/aromatic N) is 1. The van der Waals surface area contributed by atoms with Crippen molar-refractivity contribution in [3.05, 3.63) is 28.2 Å². The van der Waals surface area contributed by atoms with Crippen molar-refractivity contribution in [2.75, 3.05) is 7.11 Å². The van der Waals surface area contributed by atoms with E-state index in [0.717, 1.165) is 22.9 Å². The van der Waals surface area contributed by atoms with E-state index in [1.54, 1.807) is 20.1 Å². The number of methoxy groups -OCH3 is 1. The second-order valence-electron chi connectivity index (χ2n) is 5.18. The quantitative estimate of drug-likeness (QED) is 0.850. The molecule has 0 aliphatic heterocycles. The Morgan fingerprint density at radius 3 is 2.67 bits per heavy atom. The van der Waals surface area contributed by atoms with Gasteiger partial charge in [-0.2, -0.15) is 0 Å². The Labute approximate surface area is 132 Å². The molecule has 1 fully saturated rings.